The fourth-order valence-corrected chi connectivity index (χ4v) is 2.89. The lowest BCUT2D eigenvalue weighted by Crippen LogP contribution is -2.36. The molecule has 0 aromatic heterocycles. The van der Waals surface area contributed by atoms with Gasteiger partial charge in [0.2, 0.25) is 0 Å². The molecule has 6 N–H and O–H groups in total. The summed E-state index contributed by atoms with van der Waals surface area (Å²) in [6.07, 6.45) is 1.44. The second-order valence-corrected chi connectivity index (χ2v) is 7.29. The van der Waals surface area contributed by atoms with E-state index in [2.05, 4.69) is 5.32 Å². The van der Waals surface area contributed by atoms with E-state index in [1.54, 1.807) is 18.2 Å². The van der Waals surface area contributed by atoms with Crippen molar-refractivity contribution in [2.45, 2.75) is 38.8 Å². The van der Waals surface area contributed by atoms with E-state index in [-0.39, 0.29) is 24.6 Å². The molecule has 1 amide bonds. The maximum atomic E-state index is 12.5. The number of carboxylic acids is 2. The number of aliphatic carboxylic acids is 2. The zero-order valence-electron chi connectivity index (χ0n) is 18.0. The number of benzene rings is 1. The lowest BCUT2D eigenvalue weighted by molar-refractivity contribution is -0.135. The van der Waals surface area contributed by atoms with Gasteiger partial charge in [-0.25, -0.2) is 0 Å². The van der Waals surface area contributed by atoms with E-state index in [1.807, 2.05) is 11.9 Å². The van der Waals surface area contributed by atoms with Crippen molar-refractivity contribution in [2.75, 3.05) is 33.4 Å². The average Bonchev–Trinajstić information content (AvgIpc) is 3.00. The second kappa shape index (κ2) is 15.4. The van der Waals surface area contributed by atoms with Gasteiger partial charge in [0, 0.05) is 37.5 Å². The molecule has 0 bridgehead atoms. The molecule has 0 radical (unpaired) electrons. The molecule has 1 aromatic carbocycles. The van der Waals surface area contributed by atoms with Gasteiger partial charge in [-0.05, 0) is 44.6 Å². The van der Waals surface area contributed by atoms with Crippen molar-refractivity contribution in [2.24, 2.45) is 5.73 Å². The number of nitrogens with two attached hydrogens (primary N) is 1. The highest BCUT2D eigenvalue weighted by Crippen LogP contribution is 2.24. The quantitative estimate of drug-likeness (QED) is 0.373. The van der Waals surface area contributed by atoms with E-state index in [9.17, 15) is 9.90 Å². The third-order valence-corrected chi connectivity index (χ3v) is 4.26. The van der Waals surface area contributed by atoms with Crippen LogP contribution in [0.2, 0.25) is 5.02 Å². The lowest BCUT2D eigenvalue weighted by atomic mass is 10.1. The van der Waals surface area contributed by atoms with Gasteiger partial charge in [-0.3, -0.25) is 19.3 Å². The SMILES string of the molecule is CC(=O)O.CC(=O)O.CN1C[C@H](NC(=O)c2ccc(Cl)cc2OCCCN)C[C@H]1CO. The lowest BCUT2D eigenvalue weighted by Gasteiger charge is -2.16. The molecule has 10 nitrogen and oxygen atoms in total. The summed E-state index contributed by atoms with van der Waals surface area (Å²) in [5, 5.41) is 27.7. The van der Waals surface area contributed by atoms with Gasteiger partial charge in [0.1, 0.15) is 5.75 Å². The van der Waals surface area contributed by atoms with Crippen molar-refractivity contribution in [3.05, 3.63) is 28.8 Å². The third-order valence-electron chi connectivity index (χ3n) is 4.03. The summed E-state index contributed by atoms with van der Waals surface area (Å²) >= 11 is 5.99. The van der Waals surface area contributed by atoms with Crippen LogP contribution in [0, 0.1) is 0 Å². The molecule has 1 saturated heterocycles. The maximum Gasteiger partial charge on any atom is 0.300 e. The number of carbonyl (C=O) groups excluding carboxylic acids is 1. The molecule has 1 heterocycles. The highest BCUT2D eigenvalue weighted by Gasteiger charge is 2.30. The van der Waals surface area contributed by atoms with E-state index >= 15 is 0 Å². The van der Waals surface area contributed by atoms with Gasteiger partial charge in [0.15, 0.2) is 0 Å². The summed E-state index contributed by atoms with van der Waals surface area (Å²) < 4.78 is 5.63. The zero-order valence-corrected chi connectivity index (χ0v) is 18.8. The molecule has 1 aliphatic rings. The monoisotopic (exact) mass is 461 g/mol. The van der Waals surface area contributed by atoms with Crippen molar-refractivity contribution < 1.29 is 34.4 Å². The van der Waals surface area contributed by atoms with Gasteiger partial charge in [-0.2, -0.15) is 0 Å². The average molecular weight is 462 g/mol. The number of carboxylic acid groups (broad SMARTS) is 2. The number of hydrogen-bond donors (Lipinski definition) is 5. The molecule has 1 aromatic rings. The molecular formula is C20H32ClN3O7. The van der Waals surface area contributed by atoms with Crippen LogP contribution in [-0.2, 0) is 9.59 Å². The fraction of sp³-hybridized carbons (Fsp3) is 0.550. The first kappa shape index (κ1) is 28.6. The first-order chi connectivity index (χ1) is 14.5. The van der Waals surface area contributed by atoms with Gasteiger partial charge >= 0.3 is 0 Å². The maximum absolute atomic E-state index is 12.5. The number of aliphatic hydroxyl groups is 1. The molecule has 2 rings (SSSR count). The smallest absolute Gasteiger partial charge is 0.300 e. The molecule has 1 aliphatic heterocycles. The number of rotatable bonds is 7. The molecule has 11 heteroatoms. The Morgan fingerprint density at radius 3 is 2.32 bits per heavy atom. The van der Waals surface area contributed by atoms with Crippen LogP contribution in [0.5, 0.6) is 5.75 Å². The normalized spacial score (nSPS) is 17.5. The highest BCUT2D eigenvalue weighted by atomic mass is 35.5. The number of likely N-dealkylation sites (tertiary alicyclic amines) is 1. The molecule has 176 valence electrons. The van der Waals surface area contributed by atoms with Crippen molar-refractivity contribution in [1.29, 1.82) is 0 Å². The molecule has 0 aliphatic carbocycles. The van der Waals surface area contributed by atoms with E-state index in [0.717, 1.165) is 20.3 Å². The Labute approximate surface area is 186 Å². The molecule has 0 unspecified atom stereocenters. The van der Waals surface area contributed by atoms with Crippen LogP contribution in [-0.4, -0.2) is 83.5 Å². The van der Waals surface area contributed by atoms with Crippen LogP contribution in [0.1, 0.15) is 37.0 Å². The van der Waals surface area contributed by atoms with Crippen LogP contribution in [0.25, 0.3) is 0 Å². The molecule has 0 spiro atoms. The minimum absolute atomic E-state index is 0.0113. The Bertz CT molecular complexity index is 698. The first-order valence-electron chi connectivity index (χ1n) is 9.65. The molecule has 31 heavy (non-hydrogen) atoms. The Morgan fingerprint density at radius 2 is 1.84 bits per heavy atom. The van der Waals surface area contributed by atoms with Crippen LogP contribution < -0.4 is 15.8 Å². The zero-order chi connectivity index (χ0) is 24.0. The highest BCUT2D eigenvalue weighted by molar-refractivity contribution is 6.30. The Hall–Kier alpha value is -2.40. The fourth-order valence-electron chi connectivity index (χ4n) is 2.73. The Kier molecular flexibility index (Phi) is 14.2. The molecule has 0 saturated carbocycles. The minimum Gasteiger partial charge on any atom is -0.493 e. The number of aliphatic hydroxyl groups excluding tert-OH is 1. The number of nitrogens with zero attached hydrogens (tertiary/aromatic N) is 1. The standard InChI is InChI=1S/C16H24ClN3O3.2C2H4O2/c1-20-9-12(8-13(20)10-21)19-16(22)14-4-3-11(17)7-15(14)23-6-2-5-18;2*1-2(3)4/h3-4,7,12-13,21H,2,5-6,8-10,18H2,1H3,(H,19,22);2*1H3,(H,3,4)/t12-,13+;;/m1../s1. The van der Waals surface area contributed by atoms with Gasteiger partial charge < -0.3 is 31.1 Å². The van der Waals surface area contributed by atoms with Crippen LogP contribution in [0.15, 0.2) is 18.2 Å². The summed E-state index contributed by atoms with van der Waals surface area (Å²) in [7, 11) is 1.94. The minimum atomic E-state index is -0.833. The number of nitrogens with one attached hydrogen (secondary N) is 1. The van der Waals surface area contributed by atoms with Crippen LogP contribution in [0.3, 0.4) is 0 Å². The third kappa shape index (κ3) is 12.8. The summed E-state index contributed by atoms with van der Waals surface area (Å²) in [6, 6.07) is 5.08. The van der Waals surface area contributed by atoms with Crippen LogP contribution >= 0.6 is 11.6 Å². The first-order valence-corrected chi connectivity index (χ1v) is 10.0. The predicted molar refractivity (Wildman–Crippen MR) is 117 cm³/mol. The summed E-state index contributed by atoms with van der Waals surface area (Å²) in [4.78, 5) is 32.6. The number of carbonyl (C=O) groups is 3. The van der Waals surface area contributed by atoms with E-state index in [1.165, 1.54) is 0 Å². The number of hydrogen-bond acceptors (Lipinski definition) is 7. The second-order valence-electron chi connectivity index (χ2n) is 6.85. The predicted octanol–water partition coefficient (Wildman–Crippen LogP) is 1.04. The van der Waals surface area contributed by atoms with E-state index in [4.69, 9.17) is 41.9 Å². The van der Waals surface area contributed by atoms with Gasteiger partial charge in [-0.15, -0.1) is 0 Å². The van der Waals surface area contributed by atoms with Gasteiger partial charge in [0.05, 0.1) is 18.8 Å². The van der Waals surface area contributed by atoms with E-state index < -0.39 is 11.9 Å². The van der Waals surface area contributed by atoms with Gasteiger partial charge in [-0.1, -0.05) is 11.6 Å². The van der Waals surface area contributed by atoms with Crippen molar-refractivity contribution in [3.63, 3.8) is 0 Å². The summed E-state index contributed by atoms with van der Waals surface area (Å²) in [5.41, 5.74) is 5.92. The number of ether oxygens (including phenoxy) is 1. The topological polar surface area (TPSA) is 162 Å². The van der Waals surface area contributed by atoms with Crippen molar-refractivity contribution in [1.82, 2.24) is 10.2 Å². The largest absolute Gasteiger partial charge is 0.493 e. The summed E-state index contributed by atoms with van der Waals surface area (Å²) in [5.74, 6) is -1.39. The number of amides is 1. The Morgan fingerprint density at radius 1 is 1.26 bits per heavy atom. The molecule has 2 atom stereocenters. The summed E-state index contributed by atoms with van der Waals surface area (Å²) in [6.45, 7) is 3.94. The van der Waals surface area contributed by atoms with Gasteiger partial charge in [0.25, 0.3) is 17.8 Å². The van der Waals surface area contributed by atoms with Crippen molar-refractivity contribution in [3.8, 4) is 5.75 Å². The number of halogens is 1. The number of likely N-dealkylation sites (N-methyl/N-ethyl adjacent to an activating group) is 1. The molecule has 1 fully saturated rings. The Balaban J connectivity index is 0.000000967. The van der Waals surface area contributed by atoms with E-state index in [0.29, 0.717) is 42.5 Å². The van der Waals surface area contributed by atoms with Crippen molar-refractivity contribution >= 4 is 29.4 Å². The molecular weight excluding hydrogens is 430 g/mol. The van der Waals surface area contributed by atoms with Crippen LogP contribution in [0.4, 0.5) is 0 Å².